The van der Waals surface area contributed by atoms with Crippen LogP contribution in [0.15, 0.2) is 6.33 Å². The summed E-state index contributed by atoms with van der Waals surface area (Å²) in [7, 11) is -3.95. The minimum atomic E-state index is -3.95. The number of nitrogens with two attached hydrogens (primary N) is 2. The lowest BCUT2D eigenvalue weighted by molar-refractivity contribution is -0.00983. The minimum Gasteiger partial charge on any atom is -0.382 e. The van der Waals surface area contributed by atoms with Gasteiger partial charge in [-0.2, -0.15) is 9.97 Å². The lowest BCUT2D eigenvalue weighted by Crippen LogP contribution is -2.26. The maximum atomic E-state index is 12.5. The number of aromatic nitrogens is 4. The first kappa shape index (κ1) is 38.4. The van der Waals surface area contributed by atoms with Gasteiger partial charge in [0.05, 0.1) is 32.2 Å². The molecule has 12 nitrogen and oxygen atoms in total. The zero-order chi connectivity index (χ0) is 31.9. The summed E-state index contributed by atoms with van der Waals surface area (Å²) in [5.74, 6) is 0.214. The molecule has 2 heterocycles. The lowest BCUT2D eigenvalue weighted by Gasteiger charge is -2.20. The van der Waals surface area contributed by atoms with E-state index in [1.165, 1.54) is 89.9 Å². The molecule has 2 aromatic rings. The SMILES string of the molecule is CCCCCCCCCCCCCCCCCOCCCOP(=O)(O)CO[C@H](COCC)Cn1cnc2c(N)nc(N)nc21. The Morgan fingerprint density at radius 3 is 2.02 bits per heavy atom. The van der Waals surface area contributed by atoms with E-state index < -0.39 is 20.0 Å². The maximum absolute atomic E-state index is 12.5. The van der Waals surface area contributed by atoms with E-state index in [9.17, 15) is 9.46 Å². The van der Waals surface area contributed by atoms with Crippen LogP contribution in [0, 0.1) is 0 Å². The van der Waals surface area contributed by atoms with Crippen molar-refractivity contribution < 1.29 is 28.2 Å². The van der Waals surface area contributed by atoms with Gasteiger partial charge in [0.15, 0.2) is 11.5 Å². The van der Waals surface area contributed by atoms with Gasteiger partial charge < -0.3 is 39.7 Å². The molecular weight excluding hydrogens is 583 g/mol. The Balaban J connectivity index is 1.48. The van der Waals surface area contributed by atoms with Crippen LogP contribution >= 0.6 is 7.60 Å². The second-order valence-electron chi connectivity index (χ2n) is 11.5. The molecule has 2 aromatic heterocycles. The normalized spacial score (nSPS) is 13.9. The van der Waals surface area contributed by atoms with Crippen molar-refractivity contribution in [3.8, 4) is 0 Å². The molecule has 5 N–H and O–H groups in total. The molecule has 1 unspecified atom stereocenters. The highest BCUT2D eigenvalue weighted by Gasteiger charge is 2.24. The fourth-order valence-corrected chi connectivity index (χ4v) is 5.91. The minimum absolute atomic E-state index is 0.0334. The monoisotopic (exact) mass is 642 g/mol. The second-order valence-corrected chi connectivity index (χ2v) is 13.3. The molecule has 0 radical (unpaired) electrons. The topological polar surface area (TPSA) is 170 Å². The highest BCUT2D eigenvalue weighted by Crippen LogP contribution is 2.42. The number of unbranched alkanes of at least 4 members (excludes halogenated alkanes) is 14. The summed E-state index contributed by atoms with van der Waals surface area (Å²) < 4.78 is 36.4. The van der Waals surface area contributed by atoms with Crippen molar-refractivity contribution in [3.05, 3.63) is 6.33 Å². The quantitative estimate of drug-likeness (QED) is 0.0626. The summed E-state index contributed by atoms with van der Waals surface area (Å²) in [6, 6.07) is 0. The number of fused-ring (bicyclic) bond motifs is 1. The van der Waals surface area contributed by atoms with Gasteiger partial charge >= 0.3 is 7.60 Å². The average Bonchev–Trinajstić information content (AvgIpc) is 3.40. The first-order valence-corrected chi connectivity index (χ1v) is 18.6. The van der Waals surface area contributed by atoms with Gasteiger partial charge in [0.1, 0.15) is 11.9 Å². The number of hydrogen-bond acceptors (Lipinski definition) is 10. The lowest BCUT2D eigenvalue weighted by atomic mass is 10.0. The molecule has 44 heavy (non-hydrogen) atoms. The Morgan fingerprint density at radius 1 is 0.818 bits per heavy atom. The summed E-state index contributed by atoms with van der Waals surface area (Å²) in [6.07, 6.45) is 21.1. The van der Waals surface area contributed by atoms with Crippen LogP contribution in [0.4, 0.5) is 11.8 Å². The third-order valence-corrected chi connectivity index (χ3v) is 8.57. The maximum Gasteiger partial charge on any atom is 0.353 e. The highest BCUT2D eigenvalue weighted by molar-refractivity contribution is 7.52. The molecule has 0 spiro atoms. The zero-order valence-corrected chi connectivity index (χ0v) is 28.2. The summed E-state index contributed by atoms with van der Waals surface area (Å²) in [4.78, 5) is 22.6. The number of rotatable bonds is 29. The Labute approximate surface area is 264 Å². The molecule has 0 bridgehead atoms. The first-order valence-electron chi connectivity index (χ1n) is 16.8. The fourth-order valence-electron chi connectivity index (χ4n) is 5.02. The smallest absolute Gasteiger partial charge is 0.353 e. The summed E-state index contributed by atoms with van der Waals surface area (Å²) in [5, 5.41) is 0. The number of anilines is 2. The Morgan fingerprint density at radius 2 is 1.41 bits per heavy atom. The van der Waals surface area contributed by atoms with Gasteiger partial charge in [-0.3, -0.25) is 4.57 Å². The van der Waals surface area contributed by atoms with Crippen LogP contribution in [-0.4, -0.2) is 69.9 Å². The molecular formula is C31H59N6O6P. The van der Waals surface area contributed by atoms with Gasteiger partial charge in [-0.15, -0.1) is 0 Å². The molecule has 0 amide bonds. The Bertz CT molecular complexity index is 1060. The summed E-state index contributed by atoms with van der Waals surface area (Å²) >= 11 is 0. The van der Waals surface area contributed by atoms with Crippen LogP contribution in [0.5, 0.6) is 0 Å². The van der Waals surface area contributed by atoms with Gasteiger partial charge in [-0.05, 0) is 19.8 Å². The van der Waals surface area contributed by atoms with Gasteiger partial charge in [-0.25, -0.2) is 4.98 Å². The Hall–Kier alpha value is -1.82. The molecule has 0 aliphatic heterocycles. The van der Waals surface area contributed by atoms with E-state index in [4.69, 9.17) is 30.2 Å². The van der Waals surface area contributed by atoms with E-state index in [1.54, 1.807) is 10.9 Å². The zero-order valence-electron chi connectivity index (χ0n) is 27.3. The van der Waals surface area contributed by atoms with E-state index in [1.807, 2.05) is 6.92 Å². The van der Waals surface area contributed by atoms with Crippen molar-refractivity contribution in [2.45, 2.75) is 129 Å². The molecule has 0 aliphatic carbocycles. The van der Waals surface area contributed by atoms with Crippen LogP contribution in [0.25, 0.3) is 11.2 Å². The summed E-state index contributed by atoms with van der Waals surface area (Å²) in [6.45, 7) is 6.40. The van der Waals surface area contributed by atoms with Crippen molar-refractivity contribution in [1.82, 2.24) is 19.5 Å². The van der Waals surface area contributed by atoms with Crippen LogP contribution < -0.4 is 11.5 Å². The van der Waals surface area contributed by atoms with E-state index in [0.29, 0.717) is 37.4 Å². The molecule has 0 aliphatic rings. The predicted octanol–water partition coefficient (Wildman–Crippen LogP) is 6.85. The molecule has 0 aromatic carbocycles. The summed E-state index contributed by atoms with van der Waals surface area (Å²) in [5.41, 5.74) is 12.5. The van der Waals surface area contributed by atoms with E-state index in [2.05, 4.69) is 21.9 Å². The largest absolute Gasteiger partial charge is 0.382 e. The molecule has 2 rings (SSSR count). The van der Waals surface area contributed by atoms with Crippen molar-refractivity contribution in [2.24, 2.45) is 0 Å². The Kier molecular flexibility index (Phi) is 20.5. The van der Waals surface area contributed by atoms with Gasteiger partial charge in [0.2, 0.25) is 5.95 Å². The number of imidazole rings is 1. The fraction of sp³-hybridized carbons (Fsp3) is 0.839. The van der Waals surface area contributed by atoms with Gasteiger partial charge in [0.25, 0.3) is 0 Å². The second kappa shape index (κ2) is 23.5. The number of nitrogens with zero attached hydrogens (tertiary/aromatic N) is 4. The third kappa shape index (κ3) is 17.0. The van der Waals surface area contributed by atoms with Crippen LogP contribution in [0.1, 0.15) is 117 Å². The number of hydrogen-bond donors (Lipinski definition) is 3. The molecule has 0 saturated heterocycles. The van der Waals surface area contributed by atoms with E-state index in [-0.39, 0.29) is 31.5 Å². The highest BCUT2D eigenvalue weighted by atomic mass is 31.2. The molecule has 254 valence electrons. The average molecular weight is 643 g/mol. The van der Waals surface area contributed by atoms with E-state index in [0.717, 1.165) is 6.42 Å². The van der Waals surface area contributed by atoms with Crippen LogP contribution in [0.3, 0.4) is 0 Å². The van der Waals surface area contributed by atoms with Gasteiger partial charge in [0, 0.05) is 19.8 Å². The third-order valence-electron chi connectivity index (χ3n) is 7.51. The molecule has 0 fully saturated rings. The number of nitrogen functional groups attached to an aromatic ring is 2. The first-order chi connectivity index (χ1) is 21.4. The van der Waals surface area contributed by atoms with Crippen LogP contribution in [-0.2, 0) is 29.8 Å². The molecule has 13 heteroatoms. The van der Waals surface area contributed by atoms with E-state index >= 15 is 0 Å². The van der Waals surface area contributed by atoms with Crippen LogP contribution in [0.2, 0.25) is 0 Å². The number of ether oxygens (including phenoxy) is 3. The van der Waals surface area contributed by atoms with Crippen molar-refractivity contribution in [2.75, 3.05) is 50.8 Å². The molecule has 0 saturated carbocycles. The van der Waals surface area contributed by atoms with Crippen molar-refractivity contribution in [3.63, 3.8) is 0 Å². The predicted molar refractivity (Wildman–Crippen MR) is 177 cm³/mol. The van der Waals surface area contributed by atoms with Crippen molar-refractivity contribution >= 4 is 30.5 Å². The van der Waals surface area contributed by atoms with Gasteiger partial charge in [-0.1, -0.05) is 96.8 Å². The molecule has 2 atom stereocenters. The standard InChI is InChI=1S/C31H59N6O6P/c1-3-5-6-7-8-9-10-11-12-13-14-15-16-17-18-20-41-21-19-22-43-44(38,39)26-42-27(24-40-4-2)23-37-25-34-28-29(32)35-31(33)36-30(28)37/h25,27H,3-24,26H2,1-2H3,(H,38,39)(H4,32,33,35,36)/t27-/m0/s1. The van der Waals surface area contributed by atoms with Crippen molar-refractivity contribution in [1.29, 1.82) is 0 Å².